The van der Waals surface area contributed by atoms with Crippen molar-refractivity contribution in [1.29, 1.82) is 0 Å². The lowest BCUT2D eigenvalue weighted by Crippen LogP contribution is -2.02. The van der Waals surface area contributed by atoms with Crippen molar-refractivity contribution >= 4 is 6.29 Å². The van der Waals surface area contributed by atoms with Crippen molar-refractivity contribution in [3.63, 3.8) is 0 Å². The van der Waals surface area contributed by atoms with E-state index >= 15 is 0 Å². The van der Waals surface area contributed by atoms with Gasteiger partial charge in [-0.15, -0.1) is 5.92 Å². The van der Waals surface area contributed by atoms with Crippen LogP contribution in [0.1, 0.15) is 24.2 Å². The second kappa shape index (κ2) is 6.52. The van der Waals surface area contributed by atoms with E-state index in [9.17, 15) is 4.79 Å². The summed E-state index contributed by atoms with van der Waals surface area (Å²) in [6.07, 6.45) is 0.747. The summed E-state index contributed by atoms with van der Waals surface area (Å²) in [5, 5.41) is 0. The Labute approximate surface area is 95.4 Å². The van der Waals surface area contributed by atoms with Crippen molar-refractivity contribution in [2.24, 2.45) is 0 Å². The Kier molecular flexibility index (Phi) is 4.94. The zero-order chi connectivity index (χ0) is 11.8. The van der Waals surface area contributed by atoms with Crippen molar-refractivity contribution in [2.75, 3.05) is 13.2 Å². The van der Waals surface area contributed by atoms with Gasteiger partial charge in [0, 0.05) is 0 Å². The minimum atomic E-state index is 0.251. The van der Waals surface area contributed by atoms with Crippen molar-refractivity contribution in [3.05, 3.63) is 23.8 Å². The molecule has 84 valence electrons. The monoisotopic (exact) mass is 218 g/mol. The number of hydrogen-bond donors (Lipinski definition) is 0. The zero-order valence-corrected chi connectivity index (χ0v) is 9.45. The molecular weight excluding hydrogens is 204 g/mol. The van der Waals surface area contributed by atoms with Gasteiger partial charge in [-0.25, -0.2) is 0 Å². The van der Waals surface area contributed by atoms with Crippen LogP contribution in [-0.2, 0) is 0 Å². The van der Waals surface area contributed by atoms with Gasteiger partial charge in [0.15, 0.2) is 17.8 Å². The Bertz CT molecular complexity index is 413. The van der Waals surface area contributed by atoms with Crippen molar-refractivity contribution in [2.45, 2.75) is 13.8 Å². The van der Waals surface area contributed by atoms with Crippen LogP contribution in [0.2, 0.25) is 0 Å². The minimum Gasteiger partial charge on any atom is -0.490 e. The van der Waals surface area contributed by atoms with Crippen LogP contribution in [-0.4, -0.2) is 19.5 Å². The van der Waals surface area contributed by atoms with E-state index in [1.807, 2.05) is 6.92 Å². The summed E-state index contributed by atoms with van der Waals surface area (Å²) in [5.41, 5.74) is 0.476. The molecule has 1 aromatic rings. The first kappa shape index (κ1) is 12.1. The fourth-order valence-corrected chi connectivity index (χ4v) is 1.23. The highest BCUT2D eigenvalue weighted by Crippen LogP contribution is 2.30. The van der Waals surface area contributed by atoms with E-state index in [1.165, 1.54) is 0 Å². The second-order valence-corrected chi connectivity index (χ2v) is 2.94. The summed E-state index contributed by atoms with van der Waals surface area (Å²) in [6.45, 7) is 4.39. The van der Waals surface area contributed by atoms with Crippen LogP contribution in [0.25, 0.3) is 0 Å². The molecule has 0 aliphatic rings. The number of para-hydroxylation sites is 1. The van der Waals surface area contributed by atoms with Gasteiger partial charge in [0.05, 0.1) is 12.2 Å². The number of hydrogen-bond acceptors (Lipinski definition) is 3. The van der Waals surface area contributed by atoms with Crippen molar-refractivity contribution in [1.82, 2.24) is 0 Å². The average molecular weight is 218 g/mol. The van der Waals surface area contributed by atoms with Crippen LogP contribution in [0.15, 0.2) is 18.2 Å². The summed E-state index contributed by atoms with van der Waals surface area (Å²) in [4.78, 5) is 10.8. The number of benzene rings is 1. The number of carbonyl (C=O) groups excluding carboxylic acids is 1. The molecule has 0 saturated carbocycles. The Hall–Kier alpha value is -1.95. The quantitative estimate of drug-likeness (QED) is 0.562. The van der Waals surface area contributed by atoms with Crippen LogP contribution >= 0.6 is 0 Å². The lowest BCUT2D eigenvalue weighted by molar-refractivity contribution is 0.111. The fourth-order valence-electron chi connectivity index (χ4n) is 1.23. The predicted molar refractivity (Wildman–Crippen MR) is 61.9 cm³/mol. The average Bonchev–Trinajstić information content (AvgIpc) is 2.31. The summed E-state index contributed by atoms with van der Waals surface area (Å²) in [7, 11) is 0. The van der Waals surface area contributed by atoms with Crippen molar-refractivity contribution in [3.8, 4) is 23.3 Å². The minimum absolute atomic E-state index is 0.251. The van der Waals surface area contributed by atoms with Crippen LogP contribution in [0, 0.1) is 11.8 Å². The van der Waals surface area contributed by atoms with Gasteiger partial charge in [0.1, 0.15) is 6.61 Å². The molecule has 1 rings (SSSR count). The number of aldehydes is 1. The van der Waals surface area contributed by atoms with Gasteiger partial charge in [-0.05, 0) is 26.0 Å². The fraction of sp³-hybridized carbons (Fsp3) is 0.308. The van der Waals surface area contributed by atoms with E-state index in [2.05, 4.69) is 11.8 Å². The summed E-state index contributed by atoms with van der Waals surface area (Å²) in [5.74, 6) is 6.53. The standard InChI is InChI=1S/C13H14O3/c1-3-5-9-16-13-11(10-14)7-6-8-12(13)15-4-2/h6-8,10H,4,9H2,1-2H3. The second-order valence-electron chi connectivity index (χ2n) is 2.94. The number of carbonyl (C=O) groups is 1. The third-order valence-corrected chi connectivity index (χ3v) is 1.90. The molecule has 0 radical (unpaired) electrons. The van der Waals surface area contributed by atoms with Crippen LogP contribution in [0.4, 0.5) is 0 Å². The molecule has 3 heteroatoms. The first-order valence-electron chi connectivity index (χ1n) is 5.06. The number of ether oxygens (including phenoxy) is 2. The molecule has 0 fully saturated rings. The van der Waals surface area contributed by atoms with Crippen LogP contribution in [0.5, 0.6) is 11.5 Å². The maximum Gasteiger partial charge on any atom is 0.173 e. The van der Waals surface area contributed by atoms with E-state index in [0.29, 0.717) is 23.7 Å². The smallest absolute Gasteiger partial charge is 0.173 e. The van der Waals surface area contributed by atoms with Gasteiger partial charge in [0.2, 0.25) is 0 Å². The molecule has 0 aliphatic carbocycles. The third kappa shape index (κ3) is 3.03. The molecule has 0 aromatic heterocycles. The largest absolute Gasteiger partial charge is 0.490 e. The third-order valence-electron chi connectivity index (χ3n) is 1.90. The molecule has 0 saturated heterocycles. The SMILES string of the molecule is CC#CCOc1c(C=O)cccc1OCC. The van der Waals surface area contributed by atoms with E-state index in [-0.39, 0.29) is 6.61 Å². The van der Waals surface area contributed by atoms with E-state index in [0.717, 1.165) is 6.29 Å². The Morgan fingerprint density at radius 2 is 2.19 bits per heavy atom. The number of rotatable bonds is 5. The molecule has 0 bridgehead atoms. The molecule has 0 unspecified atom stereocenters. The van der Waals surface area contributed by atoms with Gasteiger partial charge in [0.25, 0.3) is 0 Å². The van der Waals surface area contributed by atoms with Crippen LogP contribution < -0.4 is 9.47 Å². The van der Waals surface area contributed by atoms with Gasteiger partial charge < -0.3 is 9.47 Å². The highest BCUT2D eigenvalue weighted by atomic mass is 16.5. The van der Waals surface area contributed by atoms with E-state index in [1.54, 1.807) is 25.1 Å². The Balaban J connectivity index is 2.97. The highest BCUT2D eigenvalue weighted by molar-refractivity contribution is 5.81. The summed E-state index contributed by atoms with van der Waals surface area (Å²) < 4.78 is 10.8. The molecule has 0 atom stereocenters. The van der Waals surface area contributed by atoms with Gasteiger partial charge in [-0.1, -0.05) is 12.0 Å². The molecule has 0 aliphatic heterocycles. The Morgan fingerprint density at radius 3 is 2.81 bits per heavy atom. The maximum atomic E-state index is 10.8. The first-order chi connectivity index (χ1) is 7.83. The Morgan fingerprint density at radius 1 is 1.38 bits per heavy atom. The zero-order valence-electron chi connectivity index (χ0n) is 9.45. The lowest BCUT2D eigenvalue weighted by Gasteiger charge is -2.11. The topological polar surface area (TPSA) is 35.5 Å². The molecule has 0 spiro atoms. The summed E-state index contributed by atoms with van der Waals surface area (Å²) >= 11 is 0. The normalized spacial score (nSPS) is 8.88. The van der Waals surface area contributed by atoms with Gasteiger partial charge in [-0.3, -0.25) is 4.79 Å². The molecule has 0 amide bonds. The van der Waals surface area contributed by atoms with Crippen molar-refractivity contribution < 1.29 is 14.3 Å². The molecule has 1 aromatic carbocycles. The maximum absolute atomic E-state index is 10.8. The molecule has 3 nitrogen and oxygen atoms in total. The van der Waals surface area contributed by atoms with Gasteiger partial charge in [-0.2, -0.15) is 0 Å². The molecule has 16 heavy (non-hydrogen) atoms. The molecular formula is C13H14O3. The van der Waals surface area contributed by atoms with Crippen LogP contribution in [0.3, 0.4) is 0 Å². The summed E-state index contributed by atoms with van der Waals surface area (Å²) in [6, 6.07) is 5.21. The molecule has 0 heterocycles. The molecule has 0 N–H and O–H groups in total. The predicted octanol–water partition coefficient (Wildman–Crippen LogP) is 2.30. The highest BCUT2D eigenvalue weighted by Gasteiger charge is 2.09. The van der Waals surface area contributed by atoms with Gasteiger partial charge >= 0.3 is 0 Å². The van der Waals surface area contributed by atoms with E-state index < -0.39 is 0 Å². The van der Waals surface area contributed by atoms with E-state index in [4.69, 9.17) is 9.47 Å². The lowest BCUT2D eigenvalue weighted by atomic mass is 10.2. The first-order valence-corrected chi connectivity index (χ1v) is 5.06.